The first-order valence-corrected chi connectivity index (χ1v) is 9.01. The zero-order valence-electron chi connectivity index (χ0n) is 13.2. The first kappa shape index (κ1) is 15.9. The molecule has 4 nitrogen and oxygen atoms in total. The molecule has 0 spiro atoms. The molecule has 23 heavy (non-hydrogen) atoms. The van der Waals surface area contributed by atoms with E-state index in [-0.39, 0.29) is 17.2 Å². The Hall–Kier alpha value is -1.98. The van der Waals surface area contributed by atoms with Crippen molar-refractivity contribution in [3.05, 3.63) is 64.7 Å². The predicted octanol–water partition coefficient (Wildman–Crippen LogP) is 2.73. The maximum Gasteiger partial charge on any atom is 0.243 e. The summed E-state index contributed by atoms with van der Waals surface area (Å²) in [5, 5.41) is 0. The van der Waals surface area contributed by atoms with Crippen molar-refractivity contribution in [2.75, 3.05) is 13.1 Å². The molecule has 0 atom stereocenters. The molecule has 0 saturated carbocycles. The topological polar surface area (TPSA) is 54.5 Å². The average Bonchev–Trinajstić information content (AvgIpc) is 2.67. The Morgan fingerprint density at radius 3 is 2.30 bits per heavy atom. The molecule has 120 valence electrons. The molecule has 0 unspecified atom stereocenters. The van der Waals surface area contributed by atoms with Gasteiger partial charge in [-0.05, 0) is 38.0 Å². The molecule has 1 heterocycles. The number of rotatable bonds is 2. The number of hydrogen-bond donors (Lipinski definition) is 0. The largest absolute Gasteiger partial charge is 0.293 e. The number of hydrogen-bond acceptors (Lipinski definition) is 3. The van der Waals surface area contributed by atoms with E-state index in [1.807, 2.05) is 26.0 Å². The highest BCUT2D eigenvalue weighted by Crippen LogP contribution is 2.22. The van der Waals surface area contributed by atoms with Crippen LogP contribution in [0.25, 0.3) is 0 Å². The molecule has 5 heteroatoms. The molecular formula is C18H19NO3S. The van der Waals surface area contributed by atoms with Crippen molar-refractivity contribution >= 4 is 15.8 Å². The lowest BCUT2D eigenvalue weighted by atomic mass is 10.00. The van der Waals surface area contributed by atoms with Crippen LogP contribution < -0.4 is 0 Å². The van der Waals surface area contributed by atoms with Crippen molar-refractivity contribution in [2.45, 2.75) is 25.2 Å². The van der Waals surface area contributed by atoms with E-state index >= 15 is 0 Å². The van der Waals surface area contributed by atoms with Gasteiger partial charge in [0.15, 0.2) is 5.78 Å². The molecule has 0 saturated heterocycles. The quantitative estimate of drug-likeness (QED) is 0.851. The van der Waals surface area contributed by atoms with Crippen LogP contribution in [0, 0.1) is 13.8 Å². The van der Waals surface area contributed by atoms with Crippen LogP contribution >= 0.6 is 0 Å². The minimum atomic E-state index is -3.65. The molecule has 0 amide bonds. The third-order valence-electron chi connectivity index (χ3n) is 4.17. The van der Waals surface area contributed by atoms with E-state index in [0.717, 1.165) is 16.7 Å². The van der Waals surface area contributed by atoms with Crippen LogP contribution in [-0.4, -0.2) is 31.6 Å². The standard InChI is InChI=1S/C18H19NO3S/c1-13-3-6-16(7-4-13)23(21,22)19-10-9-15-11-14(2)5-8-17(15)18(20)12-19/h3-8,11H,9-10,12H2,1-2H3. The van der Waals surface area contributed by atoms with Crippen LogP contribution in [0.2, 0.25) is 0 Å². The fourth-order valence-corrected chi connectivity index (χ4v) is 4.23. The SMILES string of the molecule is Cc1ccc(S(=O)(=O)N2CCc3cc(C)ccc3C(=O)C2)cc1. The van der Waals surface area contributed by atoms with Crippen LogP contribution in [0.5, 0.6) is 0 Å². The molecule has 0 N–H and O–H groups in total. The molecule has 0 radical (unpaired) electrons. The summed E-state index contributed by atoms with van der Waals surface area (Å²) < 4.78 is 26.9. The lowest BCUT2D eigenvalue weighted by Crippen LogP contribution is -2.35. The lowest BCUT2D eigenvalue weighted by molar-refractivity contribution is 0.0971. The van der Waals surface area contributed by atoms with Crippen molar-refractivity contribution < 1.29 is 13.2 Å². The van der Waals surface area contributed by atoms with Crippen molar-refractivity contribution in [3.63, 3.8) is 0 Å². The summed E-state index contributed by atoms with van der Waals surface area (Å²) in [5.74, 6) is -0.145. The zero-order chi connectivity index (χ0) is 16.6. The summed E-state index contributed by atoms with van der Waals surface area (Å²) in [6, 6.07) is 12.4. The second-order valence-corrected chi connectivity index (χ2v) is 7.92. The molecule has 0 bridgehead atoms. The van der Waals surface area contributed by atoms with E-state index in [4.69, 9.17) is 0 Å². The van der Waals surface area contributed by atoms with Gasteiger partial charge in [-0.15, -0.1) is 0 Å². The third kappa shape index (κ3) is 3.07. The fraction of sp³-hybridized carbons (Fsp3) is 0.278. The maximum atomic E-state index is 12.8. The predicted molar refractivity (Wildman–Crippen MR) is 89.2 cm³/mol. The van der Waals surface area contributed by atoms with Crippen molar-refractivity contribution in [3.8, 4) is 0 Å². The maximum absolute atomic E-state index is 12.8. The number of ketones is 1. The molecule has 1 aliphatic rings. The Bertz CT molecular complexity index is 854. The number of carbonyl (C=O) groups excluding carboxylic acids is 1. The first-order valence-electron chi connectivity index (χ1n) is 7.57. The summed E-state index contributed by atoms with van der Waals surface area (Å²) in [4.78, 5) is 12.7. The van der Waals surface area contributed by atoms with Gasteiger partial charge in [0.1, 0.15) is 0 Å². The number of carbonyl (C=O) groups is 1. The number of aryl methyl sites for hydroxylation is 2. The molecule has 1 aliphatic heterocycles. The van der Waals surface area contributed by atoms with E-state index in [0.29, 0.717) is 18.5 Å². The number of sulfonamides is 1. The molecule has 0 aromatic heterocycles. The average molecular weight is 329 g/mol. The normalized spacial score (nSPS) is 16.0. The minimum absolute atomic E-state index is 0.105. The van der Waals surface area contributed by atoms with Crippen LogP contribution in [-0.2, 0) is 16.4 Å². The first-order chi connectivity index (χ1) is 10.9. The monoisotopic (exact) mass is 329 g/mol. The van der Waals surface area contributed by atoms with Crippen LogP contribution in [0.3, 0.4) is 0 Å². The smallest absolute Gasteiger partial charge is 0.243 e. The van der Waals surface area contributed by atoms with Gasteiger partial charge >= 0.3 is 0 Å². The number of fused-ring (bicyclic) bond motifs is 1. The summed E-state index contributed by atoms with van der Waals surface area (Å²) in [6.45, 7) is 4.09. The Kier molecular flexibility index (Phi) is 4.08. The van der Waals surface area contributed by atoms with Gasteiger partial charge in [0.05, 0.1) is 11.4 Å². The molecule has 0 fully saturated rings. The van der Waals surface area contributed by atoms with Crippen LogP contribution in [0.4, 0.5) is 0 Å². The molecule has 3 rings (SSSR count). The van der Waals surface area contributed by atoms with E-state index in [1.54, 1.807) is 30.3 Å². The molecular weight excluding hydrogens is 310 g/mol. The summed E-state index contributed by atoms with van der Waals surface area (Å²) in [6.07, 6.45) is 0.549. The van der Waals surface area contributed by atoms with Crippen molar-refractivity contribution in [2.24, 2.45) is 0 Å². The van der Waals surface area contributed by atoms with Gasteiger partial charge in [0, 0.05) is 12.1 Å². The number of nitrogens with zero attached hydrogens (tertiary/aromatic N) is 1. The van der Waals surface area contributed by atoms with Crippen LogP contribution in [0.1, 0.15) is 27.0 Å². The second kappa shape index (κ2) is 5.91. The summed E-state index contributed by atoms with van der Waals surface area (Å²) in [7, 11) is -3.65. The van der Waals surface area contributed by atoms with E-state index in [1.165, 1.54) is 4.31 Å². The van der Waals surface area contributed by atoms with E-state index in [2.05, 4.69) is 0 Å². The highest BCUT2D eigenvalue weighted by atomic mass is 32.2. The highest BCUT2D eigenvalue weighted by Gasteiger charge is 2.30. The number of benzene rings is 2. The van der Waals surface area contributed by atoms with Gasteiger partial charge in [-0.1, -0.05) is 41.5 Å². The van der Waals surface area contributed by atoms with Gasteiger partial charge < -0.3 is 0 Å². The lowest BCUT2D eigenvalue weighted by Gasteiger charge is -2.19. The van der Waals surface area contributed by atoms with E-state index < -0.39 is 10.0 Å². The summed E-state index contributed by atoms with van der Waals surface area (Å²) >= 11 is 0. The van der Waals surface area contributed by atoms with Crippen molar-refractivity contribution in [1.82, 2.24) is 4.31 Å². The summed E-state index contributed by atoms with van der Waals surface area (Å²) in [5.41, 5.74) is 3.64. The Morgan fingerprint density at radius 2 is 1.61 bits per heavy atom. The highest BCUT2D eigenvalue weighted by molar-refractivity contribution is 7.89. The van der Waals surface area contributed by atoms with Gasteiger partial charge in [0.2, 0.25) is 10.0 Å². The molecule has 2 aromatic carbocycles. The van der Waals surface area contributed by atoms with Gasteiger partial charge in [0.25, 0.3) is 0 Å². The number of Topliss-reactive ketones (excluding diaryl/α,β-unsaturated/α-hetero) is 1. The second-order valence-electron chi connectivity index (χ2n) is 5.99. The van der Waals surface area contributed by atoms with E-state index in [9.17, 15) is 13.2 Å². The third-order valence-corrected chi connectivity index (χ3v) is 6.03. The van der Waals surface area contributed by atoms with Gasteiger partial charge in [-0.2, -0.15) is 4.31 Å². The van der Waals surface area contributed by atoms with Gasteiger partial charge in [-0.3, -0.25) is 4.79 Å². The fourth-order valence-electron chi connectivity index (χ4n) is 2.84. The Morgan fingerprint density at radius 1 is 0.957 bits per heavy atom. The molecule has 2 aromatic rings. The van der Waals surface area contributed by atoms with Gasteiger partial charge in [-0.25, -0.2) is 8.42 Å². The molecule has 0 aliphatic carbocycles. The zero-order valence-corrected chi connectivity index (χ0v) is 14.1. The van der Waals surface area contributed by atoms with Crippen LogP contribution in [0.15, 0.2) is 47.4 Å². The van der Waals surface area contributed by atoms with Crippen molar-refractivity contribution in [1.29, 1.82) is 0 Å². The minimum Gasteiger partial charge on any atom is -0.293 e. The Labute approximate surface area is 136 Å². The Balaban J connectivity index is 1.94.